The Kier molecular flexibility index (Phi) is 2.85. The molecule has 2 fully saturated rings. The van der Waals surface area contributed by atoms with Gasteiger partial charge in [-0.15, -0.1) is 0 Å². The first kappa shape index (κ1) is 11.4. The highest BCUT2D eigenvalue weighted by Crippen LogP contribution is 2.40. The fraction of sp³-hybridized carbons (Fsp3) is 1.00. The SMILES string of the molecule is CC(C)C1(C)CCN(CC2(N)CC2)CC1. The Bertz CT molecular complexity index is 223. The van der Waals surface area contributed by atoms with Crippen molar-refractivity contribution in [1.82, 2.24) is 4.90 Å². The second kappa shape index (κ2) is 3.74. The maximum absolute atomic E-state index is 6.16. The van der Waals surface area contributed by atoms with Crippen molar-refractivity contribution in [2.24, 2.45) is 17.1 Å². The van der Waals surface area contributed by atoms with Crippen LogP contribution >= 0.6 is 0 Å². The van der Waals surface area contributed by atoms with Gasteiger partial charge >= 0.3 is 0 Å². The van der Waals surface area contributed by atoms with Crippen LogP contribution in [0.3, 0.4) is 0 Å². The number of rotatable bonds is 3. The molecule has 15 heavy (non-hydrogen) atoms. The summed E-state index contributed by atoms with van der Waals surface area (Å²) in [4.78, 5) is 2.58. The lowest BCUT2D eigenvalue weighted by atomic mass is 9.72. The Morgan fingerprint density at radius 3 is 2.07 bits per heavy atom. The molecule has 0 bridgehead atoms. The Morgan fingerprint density at radius 1 is 1.13 bits per heavy atom. The van der Waals surface area contributed by atoms with Crippen LogP contribution in [0.15, 0.2) is 0 Å². The highest BCUT2D eigenvalue weighted by atomic mass is 15.2. The molecule has 1 aliphatic carbocycles. The van der Waals surface area contributed by atoms with E-state index in [1.165, 1.54) is 38.8 Å². The lowest BCUT2D eigenvalue weighted by molar-refractivity contribution is 0.0734. The van der Waals surface area contributed by atoms with Gasteiger partial charge in [-0.2, -0.15) is 0 Å². The smallest absolute Gasteiger partial charge is 0.0284 e. The first-order valence-corrected chi connectivity index (χ1v) is 6.45. The summed E-state index contributed by atoms with van der Waals surface area (Å²) in [6.07, 6.45) is 5.18. The van der Waals surface area contributed by atoms with Crippen LogP contribution in [0.1, 0.15) is 46.5 Å². The van der Waals surface area contributed by atoms with Crippen molar-refractivity contribution in [3.8, 4) is 0 Å². The molecule has 0 atom stereocenters. The maximum Gasteiger partial charge on any atom is 0.0284 e. The van der Waals surface area contributed by atoms with Crippen LogP contribution in [-0.2, 0) is 0 Å². The minimum absolute atomic E-state index is 0.200. The molecule has 2 N–H and O–H groups in total. The third kappa shape index (κ3) is 2.54. The van der Waals surface area contributed by atoms with Gasteiger partial charge in [0.25, 0.3) is 0 Å². The van der Waals surface area contributed by atoms with Crippen LogP contribution in [0.2, 0.25) is 0 Å². The molecule has 1 heterocycles. The van der Waals surface area contributed by atoms with E-state index in [0.717, 1.165) is 12.5 Å². The van der Waals surface area contributed by atoms with Gasteiger partial charge in [-0.05, 0) is 50.1 Å². The van der Waals surface area contributed by atoms with Crippen molar-refractivity contribution >= 4 is 0 Å². The first-order chi connectivity index (χ1) is 6.94. The van der Waals surface area contributed by atoms with Gasteiger partial charge in [0.05, 0.1) is 0 Å². The van der Waals surface area contributed by atoms with E-state index in [0.29, 0.717) is 5.41 Å². The summed E-state index contributed by atoms with van der Waals surface area (Å²) in [5.74, 6) is 0.812. The van der Waals surface area contributed by atoms with Crippen LogP contribution < -0.4 is 5.73 Å². The van der Waals surface area contributed by atoms with Crippen molar-refractivity contribution in [2.75, 3.05) is 19.6 Å². The van der Waals surface area contributed by atoms with Gasteiger partial charge in [0.15, 0.2) is 0 Å². The fourth-order valence-electron chi connectivity index (χ4n) is 2.56. The van der Waals surface area contributed by atoms with E-state index in [2.05, 4.69) is 25.7 Å². The zero-order valence-corrected chi connectivity index (χ0v) is 10.6. The average molecular weight is 210 g/mol. The van der Waals surface area contributed by atoms with Crippen LogP contribution in [0.25, 0.3) is 0 Å². The molecular formula is C13H26N2. The monoisotopic (exact) mass is 210 g/mol. The van der Waals surface area contributed by atoms with Gasteiger partial charge in [-0.1, -0.05) is 20.8 Å². The lowest BCUT2D eigenvalue weighted by Gasteiger charge is -2.43. The summed E-state index contributed by atoms with van der Waals surface area (Å²) in [6, 6.07) is 0. The van der Waals surface area contributed by atoms with Gasteiger partial charge in [-0.3, -0.25) is 0 Å². The summed E-state index contributed by atoms with van der Waals surface area (Å²) in [5.41, 5.74) is 6.93. The van der Waals surface area contributed by atoms with E-state index in [4.69, 9.17) is 5.73 Å². The largest absolute Gasteiger partial charge is 0.324 e. The van der Waals surface area contributed by atoms with Crippen LogP contribution in [-0.4, -0.2) is 30.1 Å². The van der Waals surface area contributed by atoms with E-state index in [-0.39, 0.29) is 5.54 Å². The Morgan fingerprint density at radius 2 is 1.67 bits per heavy atom. The number of nitrogens with zero attached hydrogens (tertiary/aromatic N) is 1. The highest BCUT2D eigenvalue weighted by molar-refractivity contribution is 5.02. The predicted octanol–water partition coefficient (Wildman–Crippen LogP) is 2.24. The lowest BCUT2D eigenvalue weighted by Crippen LogP contribution is -2.46. The van der Waals surface area contributed by atoms with Crippen molar-refractivity contribution < 1.29 is 0 Å². The molecule has 0 unspecified atom stereocenters. The Labute approximate surface area is 94.2 Å². The van der Waals surface area contributed by atoms with Gasteiger partial charge in [0.2, 0.25) is 0 Å². The van der Waals surface area contributed by atoms with E-state index < -0.39 is 0 Å². The van der Waals surface area contributed by atoms with E-state index in [1.807, 2.05) is 0 Å². The molecule has 0 spiro atoms. The van der Waals surface area contributed by atoms with E-state index >= 15 is 0 Å². The molecule has 0 aromatic rings. The van der Waals surface area contributed by atoms with Gasteiger partial charge in [-0.25, -0.2) is 0 Å². The van der Waals surface area contributed by atoms with Crippen molar-refractivity contribution in [2.45, 2.75) is 52.0 Å². The summed E-state index contributed by atoms with van der Waals surface area (Å²) >= 11 is 0. The summed E-state index contributed by atoms with van der Waals surface area (Å²) < 4.78 is 0. The zero-order valence-electron chi connectivity index (χ0n) is 10.6. The average Bonchev–Trinajstić information content (AvgIpc) is 2.88. The number of hydrogen-bond acceptors (Lipinski definition) is 2. The third-order valence-corrected chi connectivity index (χ3v) is 4.82. The molecule has 2 aliphatic rings. The fourth-order valence-corrected chi connectivity index (χ4v) is 2.56. The van der Waals surface area contributed by atoms with Crippen molar-refractivity contribution in [3.63, 3.8) is 0 Å². The predicted molar refractivity (Wildman–Crippen MR) is 64.8 cm³/mol. The highest BCUT2D eigenvalue weighted by Gasteiger charge is 2.41. The van der Waals surface area contributed by atoms with Gasteiger partial charge < -0.3 is 10.6 Å². The molecule has 88 valence electrons. The Hall–Kier alpha value is -0.0800. The summed E-state index contributed by atoms with van der Waals surface area (Å²) in [6.45, 7) is 10.8. The number of hydrogen-bond donors (Lipinski definition) is 1. The van der Waals surface area contributed by atoms with E-state index in [9.17, 15) is 0 Å². The van der Waals surface area contributed by atoms with Crippen molar-refractivity contribution in [1.29, 1.82) is 0 Å². The second-order valence-corrected chi connectivity index (χ2v) is 6.45. The molecule has 2 nitrogen and oxygen atoms in total. The number of piperidine rings is 1. The minimum atomic E-state index is 0.200. The normalized spacial score (nSPS) is 29.4. The van der Waals surface area contributed by atoms with Crippen LogP contribution in [0, 0.1) is 11.3 Å². The second-order valence-electron chi connectivity index (χ2n) is 6.45. The third-order valence-electron chi connectivity index (χ3n) is 4.82. The topological polar surface area (TPSA) is 29.3 Å². The molecule has 1 saturated carbocycles. The minimum Gasteiger partial charge on any atom is -0.324 e. The molecule has 0 aromatic carbocycles. The van der Waals surface area contributed by atoms with Crippen LogP contribution in [0.5, 0.6) is 0 Å². The molecule has 2 heteroatoms. The number of likely N-dealkylation sites (tertiary alicyclic amines) is 1. The van der Waals surface area contributed by atoms with Gasteiger partial charge in [0.1, 0.15) is 0 Å². The first-order valence-electron chi connectivity index (χ1n) is 6.45. The van der Waals surface area contributed by atoms with E-state index in [1.54, 1.807) is 0 Å². The van der Waals surface area contributed by atoms with Crippen molar-refractivity contribution in [3.05, 3.63) is 0 Å². The molecule has 0 aromatic heterocycles. The van der Waals surface area contributed by atoms with Gasteiger partial charge in [0, 0.05) is 12.1 Å². The zero-order chi connectivity index (χ0) is 11.1. The Balaban J connectivity index is 1.81. The molecular weight excluding hydrogens is 184 g/mol. The maximum atomic E-state index is 6.16. The summed E-state index contributed by atoms with van der Waals surface area (Å²) in [5, 5.41) is 0. The quantitative estimate of drug-likeness (QED) is 0.774. The molecule has 0 radical (unpaired) electrons. The molecule has 1 aliphatic heterocycles. The standard InChI is InChI=1S/C13H26N2/c1-11(2)12(3)6-8-15(9-7-12)10-13(14)4-5-13/h11H,4-10,14H2,1-3H3. The summed E-state index contributed by atoms with van der Waals surface area (Å²) in [7, 11) is 0. The molecule has 0 amide bonds. The number of nitrogens with two attached hydrogens (primary N) is 1. The van der Waals surface area contributed by atoms with Crippen LogP contribution in [0.4, 0.5) is 0 Å². The molecule has 1 saturated heterocycles. The molecule has 2 rings (SSSR count).